The number of para-hydroxylation sites is 1. The minimum Gasteiger partial charge on any atom is -0.310 e. The smallest absolute Gasteiger partial charge is 0.310 e. The molecule has 7 nitrogen and oxygen atoms in total. The molecule has 26 heteroatoms. The van der Waals surface area contributed by atoms with E-state index in [1.165, 1.54) is 61.5 Å². The normalized spacial score (nSPS) is 17.6. The lowest BCUT2D eigenvalue weighted by atomic mass is 9.88. The number of anilines is 1. The van der Waals surface area contributed by atoms with E-state index in [1.807, 2.05) is 0 Å². The summed E-state index contributed by atoms with van der Waals surface area (Å²) < 4.78 is 260. The summed E-state index contributed by atoms with van der Waals surface area (Å²) in [7, 11) is -4.21. The van der Waals surface area contributed by atoms with E-state index in [-0.39, 0.29) is 39.0 Å². The van der Waals surface area contributed by atoms with Crippen molar-refractivity contribution >= 4 is 38.9 Å². The van der Waals surface area contributed by atoms with Crippen LogP contribution in [0.25, 0.3) is 0 Å². The fraction of sp³-hybridized carbons (Fsp3) is 0.441. The van der Waals surface area contributed by atoms with Crippen molar-refractivity contribution in [2.24, 2.45) is 0 Å². The topological polar surface area (TPSA) is 97.6 Å². The molecule has 332 valence electrons. The van der Waals surface area contributed by atoms with Crippen molar-refractivity contribution in [3.63, 3.8) is 0 Å². The van der Waals surface area contributed by atoms with Gasteiger partial charge in [0.2, 0.25) is 5.91 Å². The molecule has 1 aliphatic heterocycles. The van der Waals surface area contributed by atoms with Crippen LogP contribution in [0.5, 0.6) is 0 Å². The van der Waals surface area contributed by atoms with Crippen molar-refractivity contribution in [3.8, 4) is 0 Å². The molecular formula is C34H25F17N2O5S2. The highest BCUT2D eigenvalue weighted by Crippen LogP contribution is 2.64. The molecule has 1 unspecified atom stereocenters. The minimum absolute atomic E-state index is 0.185. The standard InChI is InChI=1S/C34H25F17N2O5S2/c1-19-11-12-24-22(17-19)26(18-20-7-5-6-10-23(20)53(55)56,25(54)52(24)14-16-60(57,58)21-8-3-2-4-9-21)59-15-13-27(35,36)28(37,38)29(39,40)30(41,42)31(43,44)32(45,46)33(47,48)34(49,50)51/h2-12,17H,13-16,18H2,1H3. The molecule has 0 aromatic heterocycles. The maximum absolute atomic E-state index is 15.1. The highest BCUT2D eigenvalue weighted by atomic mass is 32.2. The van der Waals surface area contributed by atoms with Crippen LogP contribution < -0.4 is 4.90 Å². The Morgan fingerprint density at radius 3 is 1.73 bits per heavy atom. The lowest BCUT2D eigenvalue weighted by molar-refractivity contribution is -0.461. The molecular weight excluding hydrogens is 903 g/mol. The molecule has 0 N–H and O–H groups in total. The number of alkyl halides is 17. The van der Waals surface area contributed by atoms with E-state index in [0.29, 0.717) is 0 Å². The first-order valence-corrected chi connectivity index (χ1v) is 19.0. The van der Waals surface area contributed by atoms with E-state index in [4.69, 9.17) is 0 Å². The fourth-order valence-corrected chi connectivity index (χ4v) is 8.75. The van der Waals surface area contributed by atoms with E-state index in [1.54, 1.807) is 0 Å². The Balaban J connectivity index is 1.77. The number of nitro groups is 1. The van der Waals surface area contributed by atoms with Crippen LogP contribution in [0, 0.1) is 17.0 Å². The van der Waals surface area contributed by atoms with Crippen LogP contribution in [0.15, 0.2) is 77.7 Å². The van der Waals surface area contributed by atoms with Crippen molar-refractivity contribution in [1.29, 1.82) is 0 Å². The third kappa shape index (κ3) is 7.62. The number of halogens is 17. The molecule has 0 saturated carbocycles. The van der Waals surface area contributed by atoms with Crippen molar-refractivity contribution in [2.75, 3.05) is 23.0 Å². The number of fused-ring (bicyclic) bond motifs is 1. The molecule has 0 spiro atoms. The van der Waals surface area contributed by atoms with Crippen LogP contribution >= 0.6 is 11.8 Å². The Hall–Kier alpha value is -4.36. The maximum atomic E-state index is 15.1. The number of amides is 1. The second kappa shape index (κ2) is 15.5. The second-order valence-corrected chi connectivity index (χ2v) is 16.7. The molecule has 1 aliphatic rings. The summed E-state index contributed by atoms with van der Waals surface area (Å²) in [5.74, 6) is -61.8. The van der Waals surface area contributed by atoms with E-state index in [9.17, 15) is 89.2 Å². The molecule has 0 radical (unpaired) electrons. The van der Waals surface area contributed by atoms with Gasteiger partial charge in [0, 0.05) is 48.0 Å². The van der Waals surface area contributed by atoms with Crippen molar-refractivity contribution in [3.05, 3.63) is 99.6 Å². The number of nitro benzene ring substituents is 1. The summed E-state index contributed by atoms with van der Waals surface area (Å²) in [6.45, 7) is 0.640. The second-order valence-electron chi connectivity index (χ2n) is 13.2. The highest BCUT2D eigenvalue weighted by molar-refractivity contribution is 8.01. The molecule has 60 heavy (non-hydrogen) atoms. The summed E-state index contributed by atoms with van der Waals surface area (Å²) in [5.41, 5.74) is -1.33. The molecule has 3 aromatic rings. The fourth-order valence-electron chi connectivity index (χ4n) is 6.01. The molecule has 0 fully saturated rings. The molecule has 1 heterocycles. The van der Waals surface area contributed by atoms with E-state index < -0.39 is 110 Å². The van der Waals surface area contributed by atoms with Gasteiger partial charge in [-0.05, 0) is 25.1 Å². The molecule has 1 atom stereocenters. The van der Waals surface area contributed by atoms with Gasteiger partial charge in [-0.3, -0.25) is 14.9 Å². The molecule has 3 aromatic carbocycles. The number of carbonyl (C=O) groups is 1. The van der Waals surface area contributed by atoms with E-state index in [2.05, 4.69) is 0 Å². The lowest BCUT2D eigenvalue weighted by Gasteiger charge is -2.43. The third-order valence-electron chi connectivity index (χ3n) is 9.33. The van der Waals surface area contributed by atoms with Gasteiger partial charge in [0.1, 0.15) is 4.75 Å². The van der Waals surface area contributed by atoms with Crippen LogP contribution in [0.2, 0.25) is 0 Å². The molecule has 0 aliphatic carbocycles. The predicted molar refractivity (Wildman–Crippen MR) is 178 cm³/mol. The predicted octanol–water partition coefficient (Wildman–Crippen LogP) is 10.3. The first-order chi connectivity index (χ1) is 27.1. The summed E-state index contributed by atoms with van der Waals surface area (Å²) in [5, 5.41) is 11.9. The van der Waals surface area contributed by atoms with Gasteiger partial charge in [-0.1, -0.05) is 54.1 Å². The SMILES string of the molecule is Cc1ccc2c(c1)C(Cc1ccccc1[N+](=O)[O-])(SCCC(F)(F)C(F)(F)C(F)(F)C(F)(F)C(F)(F)C(F)(F)C(F)(F)C(F)(F)F)C(=O)N2CCS(=O)(=O)c1ccccc1. The minimum atomic E-state index is -8.81. The average molecular weight is 929 g/mol. The lowest BCUT2D eigenvalue weighted by Crippen LogP contribution is -2.74. The molecule has 0 saturated heterocycles. The van der Waals surface area contributed by atoms with Gasteiger partial charge in [0.25, 0.3) is 5.69 Å². The Bertz CT molecular complexity index is 2220. The van der Waals surface area contributed by atoms with Crippen molar-refractivity contribution in [1.82, 2.24) is 0 Å². The average Bonchev–Trinajstić information content (AvgIpc) is 3.35. The van der Waals surface area contributed by atoms with Crippen molar-refractivity contribution < 1.29 is 92.8 Å². The zero-order valence-electron chi connectivity index (χ0n) is 29.6. The van der Waals surface area contributed by atoms with Gasteiger partial charge in [-0.25, -0.2) is 8.42 Å². The first kappa shape index (κ1) is 48.3. The quantitative estimate of drug-likeness (QED) is 0.0760. The monoisotopic (exact) mass is 928 g/mol. The number of nitrogens with zero attached hydrogens (tertiary/aromatic N) is 2. The maximum Gasteiger partial charge on any atom is 0.460 e. The number of carbonyl (C=O) groups excluding carboxylic acids is 1. The number of aryl methyl sites for hydroxylation is 1. The highest BCUT2D eigenvalue weighted by Gasteiger charge is 2.95. The summed E-state index contributed by atoms with van der Waals surface area (Å²) in [6.07, 6.45) is -11.7. The Morgan fingerprint density at radius 1 is 0.700 bits per heavy atom. The number of benzene rings is 3. The van der Waals surface area contributed by atoms with Crippen LogP contribution in [0.3, 0.4) is 0 Å². The number of hydrogen-bond donors (Lipinski definition) is 0. The van der Waals surface area contributed by atoms with Crippen LogP contribution in [-0.2, 0) is 25.8 Å². The van der Waals surface area contributed by atoms with E-state index >= 15 is 8.78 Å². The number of rotatable bonds is 17. The molecule has 1 amide bonds. The van der Waals surface area contributed by atoms with Gasteiger partial charge in [-0.2, -0.15) is 74.6 Å². The third-order valence-corrected chi connectivity index (χ3v) is 12.5. The first-order valence-electron chi connectivity index (χ1n) is 16.4. The van der Waals surface area contributed by atoms with Crippen molar-refractivity contribution in [2.45, 2.75) is 77.0 Å². The zero-order chi connectivity index (χ0) is 45.9. The van der Waals surface area contributed by atoms with Crippen LogP contribution in [-0.4, -0.2) is 84.9 Å². The van der Waals surface area contributed by atoms with E-state index in [0.717, 1.165) is 23.1 Å². The molecule has 4 rings (SSSR count). The van der Waals surface area contributed by atoms with Gasteiger partial charge >= 0.3 is 47.6 Å². The van der Waals surface area contributed by atoms with Gasteiger partial charge in [0.05, 0.1) is 15.6 Å². The largest absolute Gasteiger partial charge is 0.460 e. The summed E-state index contributed by atoms with van der Waals surface area (Å²) >= 11 is -0.185. The van der Waals surface area contributed by atoms with Gasteiger partial charge in [0.15, 0.2) is 9.84 Å². The Morgan fingerprint density at radius 2 is 1.20 bits per heavy atom. The number of sulfone groups is 1. The summed E-state index contributed by atoms with van der Waals surface area (Å²) in [4.78, 5) is 25.9. The van der Waals surface area contributed by atoms with Gasteiger partial charge < -0.3 is 4.90 Å². The number of hydrogen-bond acceptors (Lipinski definition) is 6. The van der Waals surface area contributed by atoms with Gasteiger partial charge in [-0.15, -0.1) is 11.8 Å². The Labute approximate surface area is 331 Å². The Kier molecular flexibility index (Phi) is 12.5. The van der Waals surface area contributed by atoms with Crippen LogP contribution in [0.1, 0.15) is 23.1 Å². The zero-order valence-corrected chi connectivity index (χ0v) is 31.3. The number of thioether (sulfide) groups is 1. The summed E-state index contributed by atoms with van der Waals surface area (Å²) in [6, 6.07) is 14.5. The van der Waals surface area contributed by atoms with Crippen LogP contribution in [0.4, 0.5) is 86.0 Å². The molecule has 0 bridgehead atoms.